The Bertz CT molecular complexity index is 686. The summed E-state index contributed by atoms with van der Waals surface area (Å²) in [5, 5.41) is 0.535. The Kier molecular flexibility index (Phi) is 5.52. The third kappa shape index (κ3) is 4.64. The molecule has 0 aromatic heterocycles. The average molecular weight is 345 g/mol. The van der Waals surface area contributed by atoms with E-state index in [9.17, 15) is 8.42 Å². The first-order valence-corrected chi connectivity index (χ1v) is 8.44. The fourth-order valence-corrected chi connectivity index (χ4v) is 3.37. The van der Waals surface area contributed by atoms with E-state index in [0.717, 1.165) is 11.1 Å². The zero-order chi connectivity index (χ0) is 15.4. The molecule has 0 saturated carbocycles. The molecule has 0 bridgehead atoms. The Morgan fingerprint density at radius 2 is 1.67 bits per heavy atom. The van der Waals surface area contributed by atoms with Gasteiger partial charge >= 0.3 is 11.4 Å². The molecule has 0 aliphatic rings. The van der Waals surface area contributed by atoms with Crippen LogP contribution in [-0.4, -0.2) is 8.42 Å². The zero-order valence-corrected chi connectivity index (χ0v) is 13.8. The molecule has 2 rings (SSSR count). The smallest absolute Gasteiger partial charge is 0.374 e. The minimum Gasteiger partial charge on any atom is -0.379 e. The molecule has 2 aromatic carbocycles. The van der Waals surface area contributed by atoms with Crippen LogP contribution in [0.25, 0.3) is 0 Å². The van der Waals surface area contributed by atoms with Crippen LogP contribution in [0.4, 0.5) is 0 Å². The van der Waals surface area contributed by atoms with Crippen molar-refractivity contribution in [2.24, 2.45) is 0 Å². The van der Waals surface area contributed by atoms with Gasteiger partial charge in [-0.25, -0.2) is 4.21 Å². The molecular formula is C14H13ClO4S2. The number of aryl methyl sites for hydroxylation is 2. The van der Waals surface area contributed by atoms with Gasteiger partial charge < -0.3 is 4.18 Å². The Balaban J connectivity index is 2.03. The predicted octanol–water partition coefficient (Wildman–Crippen LogP) is 3.65. The van der Waals surface area contributed by atoms with Gasteiger partial charge in [0.1, 0.15) is 5.75 Å². The van der Waals surface area contributed by atoms with Gasteiger partial charge in [-0.2, -0.15) is 7.84 Å². The normalized spacial score (nSPS) is 13.7. The fourth-order valence-electron chi connectivity index (χ4n) is 1.56. The van der Waals surface area contributed by atoms with Crippen molar-refractivity contribution in [3.8, 4) is 5.75 Å². The first-order chi connectivity index (χ1) is 9.95. The largest absolute Gasteiger partial charge is 0.379 e. The van der Waals surface area contributed by atoms with Crippen LogP contribution in [0.2, 0.25) is 5.02 Å². The van der Waals surface area contributed by atoms with Gasteiger partial charge in [-0.15, -0.1) is 0 Å². The second-order valence-corrected chi connectivity index (χ2v) is 6.78. The molecule has 0 N–H and O–H groups in total. The lowest BCUT2D eigenvalue weighted by Crippen LogP contribution is -2.08. The Hall–Kier alpha value is -1.21. The highest BCUT2D eigenvalue weighted by molar-refractivity contribution is 7.91. The lowest BCUT2D eigenvalue weighted by atomic mass is 10.2. The van der Waals surface area contributed by atoms with Crippen molar-refractivity contribution in [2.45, 2.75) is 18.7 Å². The van der Waals surface area contributed by atoms with Crippen LogP contribution in [0.15, 0.2) is 47.4 Å². The second kappa shape index (κ2) is 7.17. The second-order valence-electron chi connectivity index (χ2n) is 4.31. The molecule has 0 heterocycles. The lowest BCUT2D eigenvalue weighted by Gasteiger charge is -2.07. The van der Waals surface area contributed by atoms with Crippen LogP contribution in [0.1, 0.15) is 11.1 Å². The average Bonchev–Trinajstić information content (AvgIpc) is 2.44. The SMILES string of the molecule is Cc1ccc(C)c(S(=O)OS(=O)Oc2ccc(Cl)cc2)c1. The van der Waals surface area contributed by atoms with Crippen molar-refractivity contribution in [1.82, 2.24) is 0 Å². The van der Waals surface area contributed by atoms with Crippen molar-refractivity contribution in [3.63, 3.8) is 0 Å². The number of halogens is 1. The minimum atomic E-state index is -2.17. The zero-order valence-electron chi connectivity index (χ0n) is 11.4. The molecule has 0 amide bonds. The van der Waals surface area contributed by atoms with Gasteiger partial charge in [-0.05, 0) is 55.3 Å². The van der Waals surface area contributed by atoms with Crippen molar-refractivity contribution in [1.29, 1.82) is 0 Å². The summed E-state index contributed by atoms with van der Waals surface area (Å²) >= 11 is 1.70. The molecule has 0 radical (unpaired) electrons. The van der Waals surface area contributed by atoms with Gasteiger partial charge in [0.15, 0.2) is 0 Å². The van der Waals surface area contributed by atoms with E-state index >= 15 is 0 Å². The van der Waals surface area contributed by atoms with Crippen LogP contribution >= 0.6 is 11.6 Å². The van der Waals surface area contributed by atoms with Gasteiger partial charge in [-0.3, -0.25) is 0 Å². The van der Waals surface area contributed by atoms with E-state index in [2.05, 4.69) is 0 Å². The monoisotopic (exact) mass is 344 g/mol. The van der Waals surface area contributed by atoms with E-state index in [1.54, 1.807) is 37.3 Å². The highest BCUT2D eigenvalue weighted by Crippen LogP contribution is 2.19. The van der Waals surface area contributed by atoms with Crippen molar-refractivity contribution in [3.05, 3.63) is 58.6 Å². The summed E-state index contributed by atoms with van der Waals surface area (Å²) in [4.78, 5) is 0.475. The predicted molar refractivity (Wildman–Crippen MR) is 83.6 cm³/mol. The van der Waals surface area contributed by atoms with Crippen molar-refractivity contribution >= 4 is 34.0 Å². The Morgan fingerprint density at radius 1 is 1.00 bits per heavy atom. The first-order valence-electron chi connectivity index (χ1n) is 5.99. The molecule has 0 spiro atoms. The van der Waals surface area contributed by atoms with E-state index in [1.807, 2.05) is 19.1 Å². The third-order valence-corrected chi connectivity index (χ3v) is 4.94. The molecule has 4 nitrogen and oxygen atoms in total. The summed E-state index contributed by atoms with van der Waals surface area (Å²) in [5.74, 6) is 0.315. The number of hydrogen-bond acceptors (Lipinski definition) is 4. The number of benzene rings is 2. The summed E-state index contributed by atoms with van der Waals surface area (Å²) in [7, 11) is 0. The maximum atomic E-state index is 12.1. The van der Waals surface area contributed by atoms with Crippen LogP contribution in [-0.2, 0) is 26.1 Å². The first kappa shape index (κ1) is 16.2. The molecule has 112 valence electrons. The van der Waals surface area contributed by atoms with Gasteiger partial charge in [0.25, 0.3) is 0 Å². The molecule has 0 fully saturated rings. The highest BCUT2D eigenvalue weighted by atomic mass is 35.5. The standard InChI is InChI=1S/C14H13ClO4S2/c1-10-3-4-11(2)14(9-10)20(16)19-21(17)18-13-7-5-12(15)6-8-13/h3-9H,1-2H3. The quantitative estimate of drug-likeness (QED) is 0.830. The minimum absolute atomic E-state index is 0.315. The molecule has 7 heteroatoms. The van der Waals surface area contributed by atoms with Crippen LogP contribution in [0.5, 0.6) is 5.75 Å². The lowest BCUT2D eigenvalue weighted by molar-refractivity contribution is 0.473. The van der Waals surface area contributed by atoms with Crippen LogP contribution in [0.3, 0.4) is 0 Å². The molecule has 0 aliphatic carbocycles. The molecule has 2 atom stereocenters. The van der Waals surface area contributed by atoms with Crippen LogP contribution < -0.4 is 4.18 Å². The Labute approximate surface area is 133 Å². The van der Waals surface area contributed by atoms with Gasteiger partial charge in [-0.1, -0.05) is 23.7 Å². The highest BCUT2D eigenvalue weighted by Gasteiger charge is 2.14. The number of rotatable bonds is 5. The molecular weight excluding hydrogens is 332 g/mol. The van der Waals surface area contributed by atoms with Crippen LogP contribution in [0, 0.1) is 13.8 Å². The molecule has 2 unspecified atom stereocenters. The molecule has 0 saturated heterocycles. The van der Waals surface area contributed by atoms with Gasteiger partial charge in [0.2, 0.25) is 11.1 Å². The molecule has 21 heavy (non-hydrogen) atoms. The third-order valence-electron chi connectivity index (χ3n) is 2.62. The van der Waals surface area contributed by atoms with E-state index in [1.165, 1.54) is 0 Å². The molecule has 0 aliphatic heterocycles. The fraction of sp³-hybridized carbons (Fsp3) is 0.143. The molecule has 2 aromatic rings. The topological polar surface area (TPSA) is 52.6 Å². The van der Waals surface area contributed by atoms with Crippen molar-refractivity contribution < 1.29 is 16.2 Å². The van der Waals surface area contributed by atoms with E-state index in [4.69, 9.17) is 19.4 Å². The van der Waals surface area contributed by atoms with E-state index < -0.39 is 22.4 Å². The summed E-state index contributed by atoms with van der Waals surface area (Å²) < 4.78 is 33.7. The van der Waals surface area contributed by atoms with Gasteiger partial charge in [0.05, 0.1) is 4.90 Å². The summed E-state index contributed by atoms with van der Waals surface area (Å²) in [6, 6.07) is 11.7. The maximum Gasteiger partial charge on any atom is 0.374 e. The Morgan fingerprint density at radius 3 is 2.33 bits per heavy atom. The summed E-state index contributed by atoms with van der Waals surface area (Å²) in [5.41, 5.74) is 1.74. The number of hydrogen-bond donors (Lipinski definition) is 0. The van der Waals surface area contributed by atoms with E-state index in [-0.39, 0.29) is 0 Å². The van der Waals surface area contributed by atoms with E-state index in [0.29, 0.717) is 15.7 Å². The maximum absolute atomic E-state index is 12.1. The van der Waals surface area contributed by atoms with Gasteiger partial charge in [0, 0.05) is 5.02 Å². The summed E-state index contributed by atoms with van der Waals surface area (Å²) in [6.07, 6.45) is 0. The van der Waals surface area contributed by atoms with Crippen molar-refractivity contribution in [2.75, 3.05) is 0 Å². The summed E-state index contributed by atoms with van der Waals surface area (Å²) in [6.45, 7) is 3.68.